The van der Waals surface area contributed by atoms with Gasteiger partial charge in [-0.2, -0.15) is 0 Å². The number of hydrogen-bond acceptors (Lipinski definition) is 6. The molecule has 8 heteroatoms. The minimum Gasteiger partial charge on any atom is -0.497 e. The first-order chi connectivity index (χ1) is 12.7. The zero-order valence-corrected chi connectivity index (χ0v) is 15.3. The summed E-state index contributed by atoms with van der Waals surface area (Å²) in [5, 5.41) is 8.30. The van der Waals surface area contributed by atoms with Gasteiger partial charge in [0.05, 0.1) is 38.6 Å². The number of benzene rings is 1. The maximum absolute atomic E-state index is 12.9. The van der Waals surface area contributed by atoms with Crippen molar-refractivity contribution in [3.8, 4) is 11.5 Å². The third-order valence-electron chi connectivity index (χ3n) is 4.48. The fourth-order valence-corrected chi connectivity index (χ4v) is 3.05. The normalized spacial score (nSPS) is 16.7. The third-order valence-corrected chi connectivity index (χ3v) is 4.48. The molecule has 8 nitrogen and oxygen atoms in total. The van der Waals surface area contributed by atoms with Crippen LogP contribution in [0, 0.1) is 0 Å². The van der Waals surface area contributed by atoms with Gasteiger partial charge in [0.2, 0.25) is 0 Å². The lowest BCUT2D eigenvalue weighted by molar-refractivity contribution is 0.0783. The Morgan fingerprint density at radius 3 is 2.88 bits per heavy atom. The first kappa shape index (κ1) is 18.2. The maximum Gasteiger partial charge on any atom is 0.257 e. The molecule has 1 unspecified atom stereocenters. The van der Waals surface area contributed by atoms with E-state index in [1.54, 1.807) is 32.4 Å². The fraction of sp³-hybridized carbons (Fsp3) is 0.500. The van der Waals surface area contributed by atoms with E-state index in [1.807, 2.05) is 22.7 Å². The fourth-order valence-electron chi connectivity index (χ4n) is 3.05. The summed E-state index contributed by atoms with van der Waals surface area (Å²) in [6, 6.07) is 5.34. The molecule has 1 aromatic heterocycles. The molecule has 26 heavy (non-hydrogen) atoms. The van der Waals surface area contributed by atoms with Gasteiger partial charge in [-0.25, -0.2) is 4.68 Å². The molecule has 2 heterocycles. The maximum atomic E-state index is 12.9. The van der Waals surface area contributed by atoms with E-state index in [0.717, 1.165) is 12.1 Å². The van der Waals surface area contributed by atoms with Crippen LogP contribution in [0.1, 0.15) is 35.4 Å². The van der Waals surface area contributed by atoms with Crippen molar-refractivity contribution in [2.24, 2.45) is 0 Å². The number of amides is 1. The summed E-state index contributed by atoms with van der Waals surface area (Å²) in [4.78, 5) is 14.7. The van der Waals surface area contributed by atoms with Gasteiger partial charge >= 0.3 is 0 Å². The highest BCUT2D eigenvalue weighted by Crippen LogP contribution is 2.28. The zero-order chi connectivity index (χ0) is 18.5. The van der Waals surface area contributed by atoms with Crippen LogP contribution in [0.25, 0.3) is 0 Å². The van der Waals surface area contributed by atoms with Crippen LogP contribution in [-0.4, -0.2) is 59.7 Å². The van der Waals surface area contributed by atoms with Crippen LogP contribution in [0.2, 0.25) is 0 Å². The molecule has 0 radical (unpaired) electrons. The Bertz CT molecular complexity index is 761. The molecule has 3 rings (SSSR count). The van der Waals surface area contributed by atoms with Crippen LogP contribution >= 0.6 is 0 Å². The molecular weight excluding hydrogens is 336 g/mol. The SMILES string of the molecule is CCOCc1cn(C2CCN(C(=O)c3ccc(OC)cc3OC)C2)nn1. The minimum absolute atomic E-state index is 0.0540. The number of carbonyl (C=O) groups excluding carboxylic acids is 1. The summed E-state index contributed by atoms with van der Waals surface area (Å²) in [5.41, 5.74) is 1.33. The van der Waals surface area contributed by atoms with Crippen molar-refractivity contribution in [1.82, 2.24) is 19.9 Å². The van der Waals surface area contributed by atoms with E-state index >= 15 is 0 Å². The summed E-state index contributed by atoms with van der Waals surface area (Å²) in [6.07, 6.45) is 2.73. The molecule has 140 valence electrons. The molecule has 0 bridgehead atoms. The van der Waals surface area contributed by atoms with Gasteiger partial charge in [-0.3, -0.25) is 4.79 Å². The molecule has 0 spiro atoms. The van der Waals surface area contributed by atoms with E-state index in [1.165, 1.54) is 0 Å². The quantitative estimate of drug-likeness (QED) is 0.751. The third kappa shape index (κ3) is 3.80. The summed E-state index contributed by atoms with van der Waals surface area (Å²) < 4.78 is 17.7. The van der Waals surface area contributed by atoms with Crippen molar-refractivity contribution in [2.45, 2.75) is 26.0 Å². The Kier molecular flexibility index (Phi) is 5.72. The predicted octanol–water partition coefficient (Wildman–Crippen LogP) is 1.92. The van der Waals surface area contributed by atoms with Gasteiger partial charge in [-0.15, -0.1) is 5.10 Å². The molecule has 1 aliphatic rings. The van der Waals surface area contributed by atoms with Crippen LogP contribution < -0.4 is 9.47 Å². The Hall–Kier alpha value is -2.61. The van der Waals surface area contributed by atoms with Gasteiger partial charge in [0.15, 0.2) is 0 Å². The van der Waals surface area contributed by atoms with Gasteiger partial charge in [-0.05, 0) is 25.5 Å². The van der Waals surface area contributed by atoms with Crippen molar-refractivity contribution in [1.29, 1.82) is 0 Å². The number of ether oxygens (including phenoxy) is 3. The topological polar surface area (TPSA) is 78.7 Å². The molecule has 1 atom stereocenters. The lowest BCUT2D eigenvalue weighted by Crippen LogP contribution is -2.29. The highest BCUT2D eigenvalue weighted by atomic mass is 16.5. The standard InChI is InChI=1S/C18H24N4O4/c1-4-26-12-13-10-22(20-19-13)14-7-8-21(11-14)18(23)16-6-5-15(24-2)9-17(16)25-3/h5-6,9-10,14H,4,7-8,11-12H2,1-3H3. The van der Waals surface area contributed by atoms with Crippen LogP contribution in [-0.2, 0) is 11.3 Å². The highest BCUT2D eigenvalue weighted by molar-refractivity contribution is 5.97. The van der Waals surface area contributed by atoms with Crippen molar-refractivity contribution in [3.63, 3.8) is 0 Å². The Morgan fingerprint density at radius 2 is 2.15 bits per heavy atom. The Labute approximate surface area is 152 Å². The predicted molar refractivity (Wildman–Crippen MR) is 94.5 cm³/mol. The van der Waals surface area contributed by atoms with Crippen molar-refractivity contribution >= 4 is 5.91 Å². The number of hydrogen-bond donors (Lipinski definition) is 0. The van der Waals surface area contributed by atoms with Crippen molar-refractivity contribution < 1.29 is 19.0 Å². The second-order valence-corrected chi connectivity index (χ2v) is 6.09. The molecule has 1 aliphatic heterocycles. The molecule has 0 saturated carbocycles. The summed E-state index contributed by atoms with van der Waals surface area (Å²) in [7, 11) is 3.13. The number of aromatic nitrogens is 3. The minimum atomic E-state index is -0.0540. The summed E-state index contributed by atoms with van der Waals surface area (Å²) in [6.45, 7) is 4.29. The van der Waals surface area contributed by atoms with Crippen LogP contribution in [0.3, 0.4) is 0 Å². The summed E-state index contributed by atoms with van der Waals surface area (Å²) >= 11 is 0. The second kappa shape index (κ2) is 8.18. The molecule has 0 N–H and O–H groups in total. The molecule has 1 saturated heterocycles. The number of methoxy groups -OCH3 is 2. The van der Waals surface area contributed by atoms with Crippen LogP contribution in [0.15, 0.2) is 24.4 Å². The number of carbonyl (C=O) groups is 1. The first-order valence-electron chi connectivity index (χ1n) is 8.66. The molecule has 0 aliphatic carbocycles. The van der Waals surface area contributed by atoms with Gasteiger partial charge < -0.3 is 19.1 Å². The van der Waals surface area contributed by atoms with Crippen LogP contribution in [0.5, 0.6) is 11.5 Å². The van der Waals surface area contributed by atoms with Gasteiger partial charge in [0.1, 0.15) is 17.2 Å². The molecule has 1 aromatic carbocycles. The second-order valence-electron chi connectivity index (χ2n) is 6.09. The molecule has 1 amide bonds. The van der Waals surface area contributed by atoms with E-state index in [-0.39, 0.29) is 11.9 Å². The number of likely N-dealkylation sites (tertiary alicyclic amines) is 1. The van der Waals surface area contributed by atoms with Crippen molar-refractivity contribution in [2.75, 3.05) is 33.9 Å². The van der Waals surface area contributed by atoms with Gasteiger partial charge in [0, 0.05) is 25.8 Å². The largest absolute Gasteiger partial charge is 0.497 e. The van der Waals surface area contributed by atoms with E-state index in [2.05, 4.69) is 10.3 Å². The highest BCUT2D eigenvalue weighted by Gasteiger charge is 2.30. The molecule has 1 fully saturated rings. The molecular formula is C18H24N4O4. The van der Waals surface area contributed by atoms with E-state index in [4.69, 9.17) is 14.2 Å². The van der Waals surface area contributed by atoms with Crippen molar-refractivity contribution in [3.05, 3.63) is 35.7 Å². The van der Waals surface area contributed by atoms with Gasteiger partial charge in [0.25, 0.3) is 5.91 Å². The average molecular weight is 360 g/mol. The lowest BCUT2D eigenvalue weighted by Gasteiger charge is -2.18. The lowest BCUT2D eigenvalue weighted by atomic mass is 10.1. The van der Waals surface area contributed by atoms with Crippen LogP contribution in [0.4, 0.5) is 0 Å². The first-order valence-corrected chi connectivity index (χ1v) is 8.66. The molecule has 2 aromatic rings. The smallest absolute Gasteiger partial charge is 0.257 e. The van der Waals surface area contributed by atoms with Gasteiger partial charge in [-0.1, -0.05) is 5.21 Å². The average Bonchev–Trinajstić information content (AvgIpc) is 3.34. The Morgan fingerprint density at radius 1 is 1.31 bits per heavy atom. The monoisotopic (exact) mass is 360 g/mol. The number of rotatable bonds is 7. The van der Waals surface area contributed by atoms with E-state index < -0.39 is 0 Å². The Balaban J connectivity index is 1.68. The summed E-state index contributed by atoms with van der Waals surface area (Å²) in [5.74, 6) is 1.11. The van der Waals surface area contributed by atoms with E-state index in [9.17, 15) is 4.79 Å². The van der Waals surface area contributed by atoms with E-state index in [0.29, 0.717) is 43.4 Å². The zero-order valence-electron chi connectivity index (χ0n) is 15.3. The number of nitrogens with zero attached hydrogens (tertiary/aromatic N) is 4.